The summed E-state index contributed by atoms with van der Waals surface area (Å²) in [4.78, 5) is 23.1. The second-order valence-electron chi connectivity index (χ2n) is 7.55. The summed E-state index contributed by atoms with van der Waals surface area (Å²) in [6.45, 7) is 6.09. The molecule has 1 atom stereocenters. The Kier molecular flexibility index (Phi) is 6.27. The highest BCUT2D eigenvalue weighted by atomic mass is 16.6. The van der Waals surface area contributed by atoms with Crippen LogP contribution in [0.4, 0.5) is 4.79 Å². The van der Waals surface area contributed by atoms with E-state index in [-0.39, 0.29) is 23.7 Å². The van der Waals surface area contributed by atoms with Crippen molar-refractivity contribution in [2.24, 2.45) is 0 Å². The molecular weight excluding hydrogens is 322 g/mol. The predicted octanol–water partition coefficient (Wildman–Crippen LogP) is 3.27. The summed E-state index contributed by atoms with van der Waals surface area (Å²) in [6.07, 6.45) is 9.44. The molecule has 2 rings (SSSR count). The van der Waals surface area contributed by atoms with Gasteiger partial charge in [-0.2, -0.15) is 0 Å². The monoisotopic (exact) mass is 351 g/mol. The maximum absolute atomic E-state index is 12.0. The standard InChI is InChI=1S/C19H29NO5/c1-18(2,3)25-17(22)20-19(11-12-19)14-7-9-15(10-8-14)24-13-5-6-16(21)23-4/h7-9,15H,5-6,10-13H2,1-4H3,(H,20,22). The number of hydrogen-bond donors (Lipinski definition) is 1. The van der Waals surface area contributed by atoms with Crippen molar-refractivity contribution in [3.05, 3.63) is 23.8 Å². The van der Waals surface area contributed by atoms with Crippen molar-refractivity contribution < 1.29 is 23.8 Å². The Bertz CT molecular complexity index is 555. The van der Waals surface area contributed by atoms with Gasteiger partial charge >= 0.3 is 12.1 Å². The average molecular weight is 351 g/mol. The van der Waals surface area contributed by atoms with E-state index in [4.69, 9.17) is 9.47 Å². The molecule has 0 heterocycles. The topological polar surface area (TPSA) is 73.9 Å². The number of nitrogens with one attached hydrogen (secondary N) is 1. The minimum Gasteiger partial charge on any atom is -0.469 e. The molecule has 6 heteroatoms. The number of ether oxygens (including phenoxy) is 3. The van der Waals surface area contributed by atoms with Gasteiger partial charge in [-0.05, 0) is 52.0 Å². The molecule has 25 heavy (non-hydrogen) atoms. The number of carbonyl (C=O) groups is 2. The molecule has 2 aliphatic carbocycles. The Hall–Kier alpha value is -1.82. The number of rotatable bonds is 7. The molecule has 0 aliphatic heterocycles. The number of amides is 1. The van der Waals surface area contributed by atoms with E-state index in [1.807, 2.05) is 32.9 Å². The zero-order chi connectivity index (χ0) is 18.5. The van der Waals surface area contributed by atoms with Gasteiger partial charge in [0.15, 0.2) is 0 Å². The molecule has 1 saturated carbocycles. The van der Waals surface area contributed by atoms with E-state index in [0.29, 0.717) is 19.4 Å². The minimum absolute atomic E-state index is 0.0127. The number of carbonyl (C=O) groups excluding carboxylic acids is 2. The average Bonchev–Trinajstić information content (AvgIpc) is 3.30. The molecule has 1 N–H and O–H groups in total. The van der Waals surface area contributed by atoms with Gasteiger partial charge in [0.2, 0.25) is 0 Å². The SMILES string of the molecule is COC(=O)CCCOC1C=CC(C2(NC(=O)OC(C)(C)C)CC2)=CC1. The molecule has 0 saturated heterocycles. The molecule has 2 aliphatic rings. The van der Waals surface area contributed by atoms with Gasteiger partial charge in [0.1, 0.15) is 5.60 Å². The largest absolute Gasteiger partial charge is 0.469 e. The fourth-order valence-electron chi connectivity index (χ4n) is 2.74. The minimum atomic E-state index is -0.500. The Morgan fingerprint density at radius 3 is 2.56 bits per heavy atom. The van der Waals surface area contributed by atoms with Crippen LogP contribution >= 0.6 is 0 Å². The summed E-state index contributed by atoms with van der Waals surface area (Å²) >= 11 is 0. The predicted molar refractivity (Wildman–Crippen MR) is 94.2 cm³/mol. The smallest absolute Gasteiger partial charge is 0.408 e. The molecule has 0 spiro atoms. The first-order chi connectivity index (χ1) is 11.7. The van der Waals surface area contributed by atoms with Crippen molar-refractivity contribution in [1.82, 2.24) is 5.32 Å². The van der Waals surface area contributed by atoms with Crippen molar-refractivity contribution in [3.8, 4) is 0 Å². The van der Waals surface area contributed by atoms with Gasteiger partial charge in [0.05, 0.1) is 18.8 Å². The van der Waals surface area contributed by atoms with Gasteiger partial charge in [-0.15, -0.1) is 0 Å². The first kappa shape index (κ1) is 19.5. The summed E-state index contributed by atoms with van der Waals surface area (Å²) in [7, 11) is 1.39. The Morgan fingerprint density at radius 1 is 1.32 bits per heavy atom. The van der Waals surface area contributed by atoms with Crippen molar-refractivity contribution >= 4 is 12.1 Å². The summed E-state index contributed by atoms with van der Waals surface area (Å²) in [6, 6.07) is 0. The highest BCUT2D eigenvalue weighted by Gasteiger charge is 2.47. The van der Waals surface area contributed by atoms with Crippen molar-refractivity contribution in [3.63, 3.8) is 0 Å². The van der Waals surface area contributed by atoms with Crippen molar-refractivity contribution in [1.29, 1.82) is 0 Å². The van der Waals surface area contributed by atoms with E-state index >= 15 is 0 Å². The van der Waals surface area contributed by atoms with E-state index in [1.54, 1.807) is 0 Å². The number of methoxy groups -OCH3 is 1. The molecule has 0 bridgehead atoms. The molecule has 0 aromatic carbocycles. The molecule has 1 unspecified atom stereocenters. The fourth-order valence-corrected chi connectivity index (χ4v) is 2.74. The van der Waals surface area contributed by atoms with Crippen molar-refractivity contribution in [2.45, 2.75) is 70.1 Å². The zero-order valence-electron chi connectivity index (χ0n) is 15.6. The van der Waals surface area contributed by atoms with Gasteiger partial charge in [0, 0.05) is 13.0 Å². The van der Waals surface area contributed by atoms with Crippen LogP contribution in [0.3, 0.4) is 0 Å². The fraction of sp³-hybridized carbons (Fsp3) is 0.684. The molecule has 1 amide bonds. The Labute approximate surface area is 149 Å². The lowest BCUT2D eigenvalue weighted by Crippen LogP contribution is -2.41. The number of alkyl carbamates (subject to hydrolysis) is 1. The summed E-state index contributed by atoms with van der Waals surface area (Å²) < 4.78 is 15.7. The van der Waals surface area contributed by atoms with Crippen LogP contribution in [0.25, 0.3) is 0 Å². The molecule has 0 aromatic rings. The van der Waals surface area contributed by atoms with Crippen LogP contribution in [0.15, 0.2) is 23.8 Å². The van der Waals surface area contributed by atoms with Crippen LogP contribution in [0.5, 0.6) is 0 Å². The lowest BCUT2D eigenvalue weighted by atomic mass is 9.97. The van der Waals surface area contributed by atoms with Crippen molar-refractivity contribution in [2.75, 3.05) is 13.7 Å². The quantitative estimate of drug-likeness (QED) is 0.563. The second kappa shape index (κ2) is 8.04. The van der Waals surface area contributed by atoms with Crippen LogP contribution in [0.2, 0.25) is 0 Å². The molecule has 0 radical (unpaired) electrons. The van der Waals surface area contributed by atoms with Crippen LogP contribution in [-0.4, -0.2) is 43.0 Å². The molecule has 6 nitrogen and oxygen atoms in total. The van der Waals surface area contributed by atoms with E-state index in [0.717, 1.165) is 24.8 Å². The second-order valence-corrected chi connectivity index (χ2v) is 7.55. The van der Waals surface area contributed by atoms with Crippen LogP contribution in [0.1, 0.15) is 52.9 Å². The maximum atomic E-state index is 12.0. The third kappa shape index (κ3) is 6.20. The normalized spacial score (nSPS) is 21.3. The molecule has 1 fully saturated rings. The van der Waals surface area contributed by atoms with Gasteiger partial charge in [-0.1, -0.05) is 18.2 Å². The zero-order valence-corrected chi connectivity index (χ0v) is 15.6. The summed E-state index contributed by atoms with van der Waals surface area (Å²) in [5.41, 5.74) is 0.335. The molecule has 140 valence electrons. The first-order valence-electron chi connectivity index (χ1n) is 8.82. The van der Waals surface area contributed by atoms with E-state index in [1.165, 1.54) is 7.11 Å². The highest BCUT2D eigenvalue weighted by molar-refractivity contribution is 5.71. The van der Waals surface area contributed by atoms with Crippen LogP contribution in [0, 0.1) is 0 Å². The van der Waals surface area contributed by atoms with E-state index in [9.17, 15) is 9.59 Å². The Balaban J connectivity index is 1.76. The number of esters is 1. The van der Waals surface area contributed by atoms with Gasteiger partial charge < -0.3 is 19.5 Å². The van der Waals surface area contributed by atoms with Gasteiger partial charge in [-0.3, -0.25) is 4.79 Å². The summed E-state index contributed by atoms with van der Waals surface area (Å²) in [5.74, 6) is -0.214. The first-order valence-corrected chi connectivity index (χ1v) is 8.82. The third-order valence-corrected chi connectivity index (χ3v) is 4.19. The van der Waals surface area contributed by atoms with Gasteiger partial charge in [0.25, 0.3) is 0 Å². The number of hydrogen-bond acceptors (Lipinski definition) is 5. The Morgan fingerprint density at radius 2 is 2.04 bits per heavy atom. The molecular formula is C19H29NO5. The third-order valence-electron chi connectivity index (χ3n) is 4.19. The lowest BCUT2D eigenvalue weighted by Gasteiger charge is -2.26. The highest BCUT2D eigenvalue weighted by Crippen LogP contribution is 2.44. The molecule has 0 aromatic heterocycles. The van der Waals surface area contributed by atoms with E-state index in [2.05, 4.69) is 16.1 Å². The maximum Gasteiger partial charge on any atom is 0.408 e. The van der Waals surface area contributed by atoms with Crippen LogP contribution < -0.4 is 5.32 Å². The lowest BCUT2D eigenvalue weighted by molar-refractivity contribution is -0.141. The van der Waals surface area contributed by atoms with Crippen LogP contribution in [-0.2, 0) is 19.0 Å². The summed E-state index contributed by atoms with van der Waals surface area (Å²) in [5, 5.41) is 3.01. The van der Waals surface area contributed by atoms with E-state index < -0.39 is 5.60 Å². The van der Waals surface area contributed by atoms with Gasteiger partial charge in [-0.25, -0.2) is 4.79 Å².